The van der Waals surface area contributed by atoms with Crippen molar-refractivity contribution in [1.82, 2.24) is 26.2 Å². The third-order valence-electron chi connectivity index (χ3n) is 6.39. The Balaban J connectivity index is 1.09. The number of nitrogens with one attached hydrogen (secondary N) is 4. The van der Waals surface area contributed by atoms with Crippen LogP contribution in [-0.4, -0.2) is 59.5 Å². The molecule has 2 aliphatic heterocycles. The van der Waals surface area contributed by atoms with Gasteiger partial charge in [-0.2, -0.15) is 0 Å². The summed E-state index contributed by atoms with van der Waals surface area (Å²) in [5.74, 6) is -0.484. The van der Waals surface area contributed by atoms with Crippen molar-refractivity contribution in [3.8, 4) is 5.75 Å². The summed E-state index contributed by atoms with van der Waals surface area (Å²) in [5.41, 5.74) is -0.169. The van der Waals surface area contributed by atoms with E-state index in [1.54, 1.807) is 6.07 Å². The van der Waals surface area contributed by atoms with Gasteiger partial charge < -0.3 is 15.4 Å². The number of halogens is 3. The number of rotatable bonds is 6. The van der Waals surface area contributed by atoms with Gasteiger partial charge in [0.2, 0.25) is 0 Å². The summed E-state index contributed by atoms with van der Waals surface area (Å²) in [7, 11) is 0. The molecule has 3 unspecified atom stereocenters. The van der Waals surface area contributed by atoms with Crippen molar-refractivity contribution in [2.45, 2.75) is 54.7 Å². The molecule has 4 N–H and O–H groups in total. The molecule has 1 amide bonds. The topological polar surface area (TPSA) is 77.7 Å². The number of benzene rings is 1. The van der Waals surface area contributed by atoms with Crippen molar-refractivity contribution in [3.63, 3.8) is 0 Å². The van der Waals surface area contributed by atoms with Gasteiger partial charge in [-0.3, -0.25) is 20.3 Å². The maximum Gasteiger partial charge on any atom is 0.258 e. The van der Waals surface area contributed by atoms with E-state index in [0.717, 1.165) is 38.8 Å². The Kier molecular flexibility index (Phi) is 4.92. The van der Waals surface area contributed by atoms with Crippen LogP contribution in [0.25, 0.3) is 0 Å². The van der Waals surface area contributed by atoms with Gasteiger partial charge in [-0.05, 0) is 31.4 Å². The van der Waals surface area contributed by atoms with Crippen molar-refractivity contribution in [2.24, 2.45) is 0 Å². The van der Waals surface area contributed by atoms with Gasteiger partial charge in [0.15, 0.2) is 6.61 Å². The van der Waals surface area contributed by atoms with Gasteiger partial charge in [0.05, 0.1) is 16.7 Å². The number of hydrogen-bond acceptors (Lipinski definition) is 6. The fourth-order valence-corrected chi connectivity index (χ4v) is 5.63. The fourth-order valence-electron chi connectivity index (χ4n) is 5.23. The molecule has 3 saturated carbocycles. The summed E-state index contributed by atoms with van der Waals surface area (Å²) in [6.45, 7) is 1.81. The molecule has 29 heavy (non-hydrogen) atoms. The predicted octanol–water partition coefficient (Wildman–Crippen LogP) is 1.31. The van der Waals surface area contributed by atoms with Gasteiger partial charge in [-0.1, -0.05) is 11.6 Å². The quantitative estimate of drug-likeness (QED) is 0.392. The van der Waals surface area contributed by atoms with Gasteiger partial charge >= 0.3 is 0 Å². The van der Waals surface area contributed by atoms with Crippen molar-refractivity contribution < 1.29 is 13.9 Å². The standard InChI is InChI=1S/C19H24Cl2FN5O2/c20-12-2-1-11(5-13(12)22)29-7-16(28)25-18-8-19(9-18,10-18)26-17-24-14(21)6-15-23-3-4-27(15)17/h1-2,5,14-15,17,23-24,26H,3-4,6-10H2,(H,25,28). The lowest BCUT2D eigenvalue weighted by atomic mass is 9.44. The summed E-state index contributed by atoms with van der Waals surface area (Å²) in [4.78, 5) is 14.6. The van der Waals surface area contributed by atoms with E-state index in [9.17, 15) is 9.18 Å². The fraction of sp³-hybridized carbons (Fsp3) is 0.632. The molecule has 5 aliphatic rings. The number of hydrogen-bond donors (Lipinski definition) is 4. The van der Waals surface area contributed by atoms with Crippen molar-refractivity contribution in [2.75, 3.05) is 19.7 Å². The summed E-state index contributed by atoms with van der Waals surface area (Å²) in [6.07, 6.45) is 3.90. The van der Waals surface area contributed by atoms with E-state index < -0.39 is 5.82 Å². The minimum atomic E-state index is -0.567. The van der Waals surface area contributed by atoms with Crippen LogP contribution in [0.5, 0.6) is 5.75 Å². The minimum absolute atomic E-state index is 0.0254. The lowest BCUT2D eigenvalue weighted by Gasteiger charge is -2.71. The largest absolute Gasteiger partial charge is 0.484 e. The van der Waals surface area contributed by atoms with Crippen LogP contribution in [0, 0.1) is 5.82 Å². The zero-order chi connectivity index (χ0) is 20.2. The molecule has 0 aromatic heterocycles. The van der Waals surface area contributed by atoms with Crippen LogP contribution < -0.4 is 26.0 Å². The number of carbonyl (C=O) groups excluding carboxylic acids is 1. The number of amides is 1. The highest BCUT2D eigenvalue weighted by Crippen LogP contribution is 2.60. The van der Waals surface area contributed by atoms with Crippen molar-refractivity contribution in [1.29, 1.82) is 0 Å². The van der Waals surface area contributed by atoms with E-state index in [4.69, 9.17) is 27.9 Å². The van der Waals surface area contributed by atoms with Crippen LogP contribution in [0.1, 0.15) is 25.7 Å². The number of alkyl halides is 1. The third kappa shape index (κ3) is 3.71. The number of carbonyl (C=O) groups is 1. The van der Waals surface area contributed by atoms with Gasteiger partial charge in [-0.25, -0.2) is 4.39 Å². The Morgan fingerprint density at radius 1 is 1.34 bits per heavy atom. The zero-order valence-electron chi connectivity index (χ0n) is 15.8. The first-order valence-electron chi connectivity index (χ1n) is 9.91. The molecule has 2 heterocycles. The lowest BCUT2D eigenvalue weighted by Crippen LogP contribution is -2.86. The van der Waals surface area contributed by atoms with Crippen molar-refractivity contribution in [3.05, 3.63) is 29.0 Å². The number of ether oxygens (including phenoxy) is 1. The highest BCUT2D eigenvalue weighted by molar-refractivity contribution is 6.30. The summed E-state index contributed by atoms with van der Waals surface area (Å²) >= 11 is 12.0. The van der Waals surface area contributed by atoms with Crippen LogP contribution >= 0.6 is 23.2 Å². The molecule has 7 nitrogen and oxygen atoms in total. The second-order valence-electron chi connectivity index (χ2n) is 8.63. The van der Waals surface area contributed by atoms with Crippen LogP contribution in [0.15, 0.2) is 18.2 Å². The molecule has 2 bridgehead atoms. The van der Waals surface area contributed by atoms with E-state index in [-0.39, 0.29) is 46.2 Å². The summed E-state index contributed by atoms with van der Waals surface area (Å²) < 4.78 is 18.8. The normalized spacial score (nSPS) is 38.0. The molecule has 2 saturated heterocycles. The Morgan fingerprint density at radius 2 is 2.14 bits per heavy atom. The van der Waals surface area contributed by atoms with Crippen LogP contribution in [-0.2, 0) is 4.79 Å². The Bertz CT molecular complexity index is 808. The van der Waals surface area contributed by atoms with Crippen LogP contribution in [0.2, 0.25) is 5.02 Å². The predicted molar refractivity (Wildman–Crippen MR) is 107 cm³/mol. The molecule has 1 aromatic rings. The highest BCUT2D eigenvalue weighted by Gasteiger charge is 2.69. The van der Waals surface area contributed by atoms with E-state index in [1.807, 2.05) is 0 Å². The molecular weight excluding hydrogens is 420 g/mol. The molecule has 3 aliphatic carbocycles. The summed E-state index contributed by atoms with van der Waals surface area (Å²) in [5, 5.41) is 13.7. The number of nitrogens with zero attached hydrogens (tertiary/aromatic N) is 1. The van der Waals surface area contributed by atoms with E-state index in [1.165, 1.54) is 12.1 Å². The van der Waals surface area contributed by atoms with E-state index in [2.05, 4.69) is 26.2 Å². The maximum absolute atomic E-state index is 13.4. The first-order valence-corrected chi connectivity index (χ1v) is 10.7. The third-order valence-corrected chi connectivity index (χ3v) is 7.00. The Morgan fingerprint density at radius 3 is 2.90 bits per heavy atom. The van der Waals surface area contributed by atoms with E-state index in [0.29, 0.717) is 6.17 Å². The second kappa shape index (κ2) is 7.21. The van der Waals surface area contributed by atoms with E-state index >= 15 is 0 Å². The molecule has 5 fully saturated rings. The Hall–Kier alpha value is -1.16. The molecule has 6 rings (SSSR count). The van der Waals surface area contributed by atoms with Crippen LogP contribution in [0.3, 0.4) is 0 Å². The Labute approximate surface area is 178 Å². The second-order valence-corrected chi connectivity index (χ2v) is 9.56. The first kappa shape index (κ1) is 19.8. The average Bonchev–Trinajstić information content (AvgIpc) is 3.08. The lowest BCUT2D eigenvalue weighted by molar-refractivity contribution is -0.151. The smallest absolute Gasteiger partial charge is 0.258 e. The summed E-state index contributed by atoms with van der Waals surface area (Å²) in [6, 6.07) is 4.13. The SMILES string of the molecule is O=C(COc1ccc(Cl)c(F)c1)NC12CC(NC3NC(Cl)CC4NCCN43)(C1)C2. The molecular formula is C19H24Cl2FN5O2. The zero-order valence-corrected chi connectivity index (χ0v) is 17.3. The number of fused-ring (bicyclic) bond motifs is 1. The maximum atomic E-state index is 13.4. The first-order chi connectivity index (χ1) is 13.9. The molecule has 158 valence electrons. The average molecular weight is 444 g/mol. The molecule has 0 radical (unpaired) electrons. The highest BCUT2D eigenvalue weighted by atomic mass is 35.5. The molecule has 10 heteroatoms. The van der Waals surface area contributed by atoms with Gasteiger partial charge in [0.1, 0.15) is 17.9 Å². The van der Waals surface area contributed by atoms with Crippen molar-refractivity contribution >= 4 is 29.1 Å². The van der Waals surface area contributed by atoms with Gasteiger partial charge in [0, 0.05) is 36.7 Å². The molecule has 0 spiro atoms. The van der Waals surface area contributed by atoms with Crippen LogP contribution in [0.4, 0.5) is 4.39 Å². The minimum Gasteiger partial charge on any atom is -0.484 e. The molecule has 1 aromatic carbocycles. The van der Waals surface area contributed by atoms with Gasteiger partial charge in [0.25, 0.3) is 5.91 Å². The van der Waals surface area contributed by atoms with Gasteiger partial charge in [-0.15, -0.1) is 11.6 Å². The molecule has 3 atom stereocenters. The monoisotopic (exact) mass is 443 g/mol.